The van der Waals surface area contributed by atoms with Crippen molar-refractivity contribution in [3.05, 3.63) is 81.7 Å². The van der Waals surface area contributed by atoms with Crippen LogP contribution in [0.25, 0.3) is 5.65 Å². The molecule has 28 heavy (non-hydrogen) atoms. The zero-order valence-electron chi connectivity index (χ0n) is 14.8. The van der Waals surface area contributed by atoms with E-state index in [2.05, 4.69) is 15.3 Å². The molecule has 4 rings (SSSR count). The highest BCUT2D eigenvalue weighted by atomic mass is 35.5. The third kappa shape index (κ3) is 4.49. The van der Waals surface area contributed by atoms with Crippen LogP contribution in [0.3, 0.4) is 0 Å². The van der Waals surface area contributed by atoms with Gasteiger partial charge in [-0.15, -0.1) is 11.3 Å². The molecule has 0 saturated carbocycles. The molecule has 1 N–H and O–H groups in total. The average Bonchev–Trinajstić information content (AvgIpc) is 3.34. The van der Waals surface area contributed by atoms with E-state index in [4.69, 9.17) is 16.3 Å². The number of benzene rings is 1. The minimum absolute atomic E-state index is 0.197. The Hall–Kier alpha value is -2.90. The predicted molar refractivity (Wildman–Crippen MR) is 109 cm³/mol. The summed E-state index contributed by atoms with van der Waals surface area (Å²) < 4.78 is 7.62. The van der Waals surface area contributed by atoms with E-state index in [1.165, 1.54) is 11.3 Å². The Kier molecular flexibility index (Phi) is 5.55. The van der Waals surface area contributed by atoms with Crippen LogP contribution in [0.15, 0.2) is 60.2 Å². The average molecular weight is 413 g/mol. The van der Waals surface area contributed by atoms with Gasteiger partial charge in [-0.1, -0.05) is 17.7 Å². The van der Waals surface area contributed by atoms with E-state index in [1.807, 2.05) is 35.0 Å². The Labute approximate surface area is 170 Å². The molecular formula is C20H17ClN4O2S. The summed E-state index contributed by atoms with van der Waals surface area (Å²) in [5.74, 6) is 0.510. The molecule has 3 aromatic heterocycles. The maximum Gasteiger partial charge on any atom is 0.270 e. The van der Waals surface area contributed by atoms with Crippen molar-refractivity contribution in [2.24, 2.45) is 0 Å². The van der Waals surface area contributed by atoms with E-state index >= 15 is 0 Å². The summed E-state index contributed by atoms with van der Waals surface area (Å²) in [5, 5.41) is 6.02. The predicted octanol–water partition coefficient (Wildman–Crippen LogP) is 4.00. The number of imidazole rings is 1. The Morgan fingerprint density at radius 2 is 2.04 bits per heavy atom. The largest absolute Gasteiger partial charge is 0.486 e. The third-order valence-electron chi connectivity index (χ3n) is 4.04. The van der Waals surface area contributed by atoms with Crippen molar-refractivity contribution < 1.29 is 9.53 Å². The molecule has 0 bridgehead atoms. The number of thiazole rings is 1. The number of hydrogen-bond donors (Lipinski definition) is 1. The lowest BCUT2D eigenvalue weighted by atomic mass is 10.3. The molecule has 1 aromatic carbocycles. The highest BCUT2D eigenvalue weighted by Gasteiger charge is 2.11. The van der Waals surface area contributed by atoms with Gasteiger partial charge in [-0.05, 0) is 36.4 Å². The third-order valence-corrected chi connectivity index (χ3v) is 5.12. The van der Waals surface area contributed by atoms with Crippen LogP contribution in [-0.2, 0) is 13.0 Å². The van der Waals surface area contributed by atoms with Crippen LogP contribution in [0.2, 0.25) is 5.02 Å². The van der Waals surface area contributed by atoms with Crippen LogP contribution >= 0.6 is 22.9 Å². The minimum Gasteiger partial charge on any atom is -0.486 e. The highest BCUT2D eigenvalue weighted by molar-refractivity contribution is 7.09. The summed E-state index contributed by atoms with van der Waals surface area (Å²) in [6.07, 6.45) is 4.58. The van der Waals surface area contributed by atoms with Crippen LogP contribution in [0, 0.1) is 0 Å². The molecule has 0 atom stereocenters. The lowest BCUT2D eigenvalue weighted by Gasteiger charge is -2.03. The van der Waals surface area contributed by atoms with Crippen LogP contribution < -0.4 is 10.1 Å². The first-order valence-corrected chi connectivity index (χ1v) is 9.97. The molecule has 0 radical (unpaired) electrons. The van der Waals surface area contributed by atoms with Gasteiger partial charge in [0, 0.05) is 35.8 Å². The Balaban J connectivity index is 1.27. The van der Waals surface area contributed by atoms with Crippen LogP contribution in [0.4, 0.5) is 0 Å². The summed E-state index contributed by atoms with van der Waals surface area (Å²) >= 11 is 7.25. The van der Waals surface area contributed by atoms with Crippen molar-refractivity contribution in [3.8, 4) is 5.75 Å². The van der Waals surface area contributed by atoms with Gasteiger partial charge in [0.15, 0.2) is 0 Å². The van der Waals surface area contributed by atoms with E-state index in [0.717, 1.165) is 16.3 Å². The fourth-order valence-corrected chi connectivity index (χ4v) is 3.47. The Morgan fingerprint density at radius 1 is 1.18 bits per heavy atom. The number of nitrogens with one attached hydrogen (secondary N) is 1. The molecule has 142 valence electrons. The molecule has 1 amide bonds. The maximum atomic E-state index is 12.3. The zero-order chi connectivity index (χ0) is 19.3. The normalized spacial score (nSPS) is 10.9. The van der Waals surface area contributed by atoms with Crippen LogP contribution in [0.1, 0.15) is 21.2 Å². The van der Waals surface area contributed by atoms with Gasteiger partial charge in [0.2, 0.25) is 0 Å². The molecule has 0 aliphatic rings. The molecule has 6 nitrogen and oxygen atoms in total. The van der Waals surface area contributed by atoms with E-state index in [9.17, 15) is 4.79 Å². The number of hydrogen-bond acceptors (Lipinski definition) is 5. The van der Waals surface area contributed by atoms with Gasteiger partial charge in [0.1, 0.15) is 28.7 Å². The molecular weight excluding hydrogens is 396 g/mol. The molecule has 0 saturated heterocycles. The SMILES string of the molecule is O=C(NCCc1cn2ccccc2n1)c1csc(COc2ccc(Cl)cc2)n1. The van der Waals surface area contributed by atoms with E-state index in [0.29, 0.717) is 36.0 Å². The summed E-state index contributed by atoms with van der Waals surface area (Å²) in [7, 11) is 0. The van der Waals surface area contributed by atoms with Crippen molar-refractivity contribution in [2.75, 3.05) is 6.54 Å². The number of carbonyl (C=O) groups is 1. The quantitative estimate of drug-likeness (QED) is 0.498. The monoisotopic (exact) mass is 412 g/mol. The fraction of sp³-hybridized carbons (Fsp3) is 0.150. The van der Waals surface area contributed by atoms with Crippen molar-refractivity contribution in [2.45, 2.75) is 13.0 Å². The van der Waals surface area contributed by atoms with Gasteiger partial charge in [0.25, 0.3) is 5.91 Å². The topological polar surface area (TPSA) is 68.5 Å². The first kappa shape index (κ1) is 18.5. The number of fused-ring (bicyclic) bond motifs is 1. The van der Waals surface area contributed by atoms with E-state index in [-0.39, 0.29) is 5.91 Å². The lowest BCUT2D eigenvalue weighted by molar-refractivity contribution is 0.0949. The number of halogens is 1. The molecule has 0 spiro atoms. The molecule has 0 aliphatic heterocycles. The standard InChI is InChI=1S/C20H17ClN4O2S/c21-14-4-6-16(7-5-14)27-12-19-24-17(13-28-19)20(26)22-9-8-15-11-25-10-2-1-3-18(25)23-15/h1-7,10-11,13H,8-9,12H2,(H,22,26). The van der Waals surface area contributed by atoms with E-state index in [1.54, 1.807) is 29.6 Å². The number of carbonyl (C=O) groups excluding carboxylic acids is 1. The van der Waals surface area contributed by atoms with E-state index < -0.39 is 0 Å². The van der Waals surface area contributed by atoms with Crippen molar-refractivity contribution >= 4 is 34.5 Å². The summed E-state index contributed by atoms with van der Waals surface area (Å²) in [5.41, 5.74) is 2.23. The lowest BCUT2D eigenvalue weighted by Crippen LogP contribution is -2.26. The first-order chi connectivity index (χ1) is 13.7. The van der Waals surface area contributed by atoms with Gasteiger partial charge in [-0.25, -0.2) is 9.97 Å². The van der Waals surface area contributed by atoms with Gasteiger partial charge in [-0.3, -0.25) is 4.79 Å². The number of amides is 1. The molecule has 8 heteroatoms. The van der Waals surface area contributed by atoms with Crippen LogP contribution in [0.5, 0.6) is 5.75 Å². The summed E-state index contributed by atoms with van der Waals surface area (Å²) in [4.78, 5) is 21.1. The second kappa shape index (κ2) is 8.41. The fourth-order valence-electron chi connectivity index (χ4n) is 2.66. The molecule has 0 fully saturated rings. The number of rotatable bonds is 7. The maximum absolute atomic E-state index is 12.3. The van der Waals surface area contributed by atoms with Gasteiger partial charge >= 0.3 is 0 Å². The molecule has 0 unspecified atom stereocenters. The Morgan fingerprint density at radius 3 is 2.86 bits per heavy atom. The molecule has 4 aromatic rings. The molecule has 0 aliphatic carbocycles. The minimum atomic E-state index is -0.197. The smallest absolute Gasteiger partial charge is 0.270 e. The van der Waals surface area contributed by atoms with Gasteiger partial charge in [-0.2, -0.15) is 0 Å². The first-order valence-electron chi connectivity index (χ1n) is 8.71. The van der Waals surface area contributed by atoms with Crippen molar-refractivity contribution in [3.63, 3.8) is 0 Å². The summed E-state index contributed by atoms with van der Waals surface area (Å²) in [6.45, 7) is 0.803. The summed E-state index contributed by atoms with van der Waals surface area (Å²) in [6, 6.07) is 13.0. The van der Waals surface area contributed by atoms with Gasteiger partial charge < -0.3 is 14.5 Å². The van der Waals surface area contributed by atoms with Crippen molar-refractivity contribution in [1.29, 1.82) is 0 Å². The zero-order valence-corrected chi connectivity index (χ0v) is 16.4. The number of ether oxygens (including phenoxy) is 1. The van der Waals surface area contributed by atoms with Crippen molar-refractivity contribution in [1.82, 2.24) is 19.7 Å². The second-order valence-corrected chi connectivity index (χ2v) is 7.45. The number of nitrogens with zero attached hydrogens (tertiary/aromatic N) is 3. The Bertz CT molecular complexity index is 1060. The highest BCUT2D eigenvalue weighted by Crippen LogP contribution is 2.18. The van der Waals surface area contributed by atoms with Gasteiger partial charge in [0.05, 0.1) is 5.69 Å². The number of pyridine rings is 1. The number of aromatic nitrogens is 3. The van der Waals surface area contributed by atoms with Crippen LogP contribution in [-0.4, -0.2) is 26.8 Å². The molecule has 3 heterocycles. The second-order valence-electron chi connectivity index (χ2n) is 6.07.